The summed E-state index contributed by atoms with van der Waals surface area (Å²) >= 11 is 0. The molecule has 0 aliphatic heterocycles. The second-order valence-corrected chi connectivity index (χ2v) is 4.10. The minimum absolute atomic E-state index is 0. The number of nitrogens with one attached hydrogen (secondary N) is 1. The molecule has 4 nitrogen and oxygen atoms in total. The molecule has 1 atom stereocenters. The van der Waals surface area contributed by atoms with E-state index in [9.17, 15) is 8.42 Å². The summed E-state index contributed by atoms with van der Waals surface area (Å²) in [6.45, 7) is 1.72. The lowest BCUT2D eigenvalue weighted by molar-refractivity contribution is 0.576. The first-order valence-corrected chi connectivity index (χ1v) is 4.21. The second-order valence-electron chi connectivity index (χ2n) is 1.80. The van der Waals surface area contributed by atoms with E-state index in [1.54, 1.807) is 6.92 Å². The van der Waals surface area contributed by atoms with Gasteiger partial charge in [0.15, 0.2) is 0 Å². The summed E-state index contributed by atoms with van der Waals surface area (Å²) in [6, 6.07) is 0. The van der Waals surface area contributed by atoms with Gasteiger partial charge in [-0.05, 0) is 14.0 Å². The Morgan fingerprint density at radius 1 is 1.60 bits per heavy atom. The quantitative estimate of drug-likeness (QED) is 0.616. The number of hydrogen-bond acceptors (Lipinski definition) is 3. The molecule has 0 unspecified atom stereocenters. The van der Waals surface area contributed by atoms with Crippen molar-refractivity contribution in [2.75, 3.05) is 13.6 Å². The number of hydrogen-bond donors (Lipinski definition) is 2. The predicted octanol–water partition coefficient (Wildman–Crippen LogP) is -0.695. The van der Waals surface area contributed by atoms with E-state index in [1.165, 1.54) is 7.05 Å². The van der Waals surface area contributed by atoms with E-state index in [2.05, 4.69) is 4.72 Å². The molecular weight excluding hydrogens is 176 g/mol. The molecule has 0 aromatic rings. The second kappa shape index (κ2) is 4.90. The third-order valence-electron chi connectivity index (χ3n) is 1.15. The van der Waals surface area contributed by atoms with Crippen LogP contribution in [0.25, 0.3) is 0 Å². The van der Waals surface area contributed by atoms with Crippen molar-refractivity contribution in [3.05, 3.63) is 0 Å². The number of sulfonamides is 1. The Bertz CT molecular complexity index is 168. The van der Waals surface area contributed by atoms with Crippen LogP contribution in [0, 0.1) is 0 Å². The lowest BCUT2D eigenvalue weighted by atomic mass is 10.5. The zero-order valence-corrected chi connectivity index (χ0v) is 7.63. The molecule has 0 radical (unpaired) electrons. The molecule has 0 heterocycles. The molecule has 3 N–H and O–H groups in total. The Morgan fingerprint density at radius 2 is 2.00 bits per heavy atom. The van der Waals surface area contributed by atoms with Crippen LogP contribution in [-0.4, -0.2) is 27.3 Å². The number of halogens is 1. The highest BCUT2D eigenvalue weighted by molar-refractivity contribution is 7.90. The third-order valence-corrected chi connectivity index (χ3v) is 2.97. The fraction of sp³-hybridized carbons (Fsp3) is 1.00. The standard InChI is InChI=1S/C4H12N2O2S.ClH/c1-4(3-5)9(7,8)6-2;/h4,6H,3,5H2,1-2H3;1H/t4-;/m0./s1. The molecule has 0 bridgehead atoms. The van der Waals surface area contributed by atoms with Crippen molar-refractivity contribution < 1.29 is 8.42 Å². The molecule has 64 valence electrons. The fourth-order valence-electron chi connectivity index (χ4n) is 0.328. The van der Waals surface area contributed by atoms with E-state index >= 15 is 0 Å². The molecular formula is C4H13ClN2O2S. The molecule has 0 aromatic heterocycles. The first-order chi connectivity index (χ1) is 4.04. The van der Waals surface area contributed by atoms with Gasteiger partial charge in [0.2, 0.25) is 10.0 Å². The summed E-state index contributed by atoms with van der Waals surface area (Å²) in [5, 5.41) is -0.498. The van der Waals surface area contributed by atoms with Gasteiger partial charge in [-0.1, -0.05) is 0 Å². The van der Waals surface area contributed by atoms with Crippen LogP contribution in [0.1, 0.15) is 6.92 Å². The van der Waals surface area contributed by atoms with Gasteiger partial charge in [-0.25, -0.2) is 13.1 Å². The van der Waals surface area contributed by atoms with Gasteiger partial charge in [0.05, 0.1) is 5.25 Å². The van der Waals surface area contributed by atoms with Crippen molar-refractivity contribution in [3.63, 3.8) is 0 Å². The monoisotopic (exact) mass is 188 g/mol. The Labute approximate surface area is 67.6 Å². The minimum atomic E-state index is -3.12. The Kier molecular flexibility index (Phi) is 6.27. The summed E-state index contributed by atoms with van der Waals surface area (Å²) in [4.78, 5) is 0. The number of nitrogens with two attached hydrogens (primary N) is 1. The zero-order valence-electron chi connectivity index (χ0n) is 5.99. The van der Waals surface area contributed by atoms with Gasteiger partial charge >= 0.3 is 0 Å². The molecule has 0 aliphatic rings. The highest BCUT2D eigenvalue weighted by atomic mass is 35.5. The van der Waals surface area contributed by atoms with Crippen molar-refractivity contribution in [2.45, 2.75) is 12.2 Å². The molecule has 0 rings (SSSR count). The molecule has 10 heavy (non-hydrogen) atoms. The minimum Gasteiger partial charge on any atom is -0.329 e. The maximum absolute atomic E-state index is 10.7. The molecule has 6 heteroatoms. The van der Waals surface area contributed by atoms with Crippen LogP contribution >= 0.6 is 12.4 Å². The molecule has 0 spiro atoms. The number of rotatable bonds is 3. The van der Waals surface area contributed by atoms with Gasteiger partial charge in [0, 0.05) is 6.54 Å². The van der Waals surface area contributed by atoms with Crippen LogP contribution in [-0.2, 0) is 10.0 Å². The Hall–Kier alpha value is 0.160. The summed E-state index contributed by atoms with van der Waals surface area (Å²) in [5.41, 5.74) is 5.11. The van der Waals surface area contributed by atoms with Crippen molar-refractivity contribution >= 4 is 22.4 Å². The first kappa shape index (κ1) is 12.8. The van der Waals surface area contributed by atoms with E-state index in [0.717, 1.165) is 0 Å². The van der Waals surface area contributed by atoms with Crippen LogP contribution in [0.4, 0.5) is 0 Å². The van der Waals surface area contributed by atoms with Gasteiger partial charge < -0.3 is 5.73 Å². The van der Waals surface area contributed by atoms with Crippen molar-refractivity contribution in [1.82, 2.24) is 4.72 Å². The highest BCUT2D eigenvalue weighted by Crippen LogP contribution is 1.92. The lowest BCUT2D eigenvalue weighted by Gasteiger charge is -2.07. The van der Waals surface area contributed by atoms with Gasteiger partial charge in [-0.15, -0.1) is 12.4 Å². The maximum Gasteiger partial charge on any atom is 0.215 e. The molecule has 0 saturated heterocycles. The van der Waals surface area contributed by atoms with E-state index in [1.807, 2.05) is 0 Å². The molecule has 0 aromatic carbocycles. The van der Waals surface area contributed by atoms with Crippen LogP contribution in [0.3, 0.4) is 0 Å². The topological polar surface area (TPSA) is 72.2 Å². The average molecular weight is 189 g/mol. The van der Waals surface area contributed by atoms with Crippen LogP contribution in [0.5, 0.6) is 0 Å². The molecule has 0 saturated carbocycles. The van der Waals surface area contributed by atoms with Crippen LogP contribution in [0.15, 0.2) is 0 Å². The third kappa shape index (κ3) is 3.36. The van der Waals surface area contributed by atoms with Crippen LogP contribution in [0.2, 0.25) is 0 Å². The molecule has 0 aliphatic carbocycles. The molecule has 0 fully saturated rings. The summed E-state index contributed by atoms with van der Waals surface area (Å²) < 4.78 is 23.7. The van der Waals surface area contributed by atoms with Gasteiger partial charge in [-0.2, -0.15) is 0 Å². The van der Waals surface area contributed by atoms with Crippen molar-refractivity contribution in [2.24, 2.45) is 5.73 Å². The fourth-order valence-corrected chi connectivity index (χ4v) is 0.984. The van der Waals surface area contributed by atoms with Crippen molar-refractivity contribution in [1.29, 1.82) is 0 Å². The van der Waals surface area contributed by atoms with Crippen molar-refractivity contribution in [3.8, 4) is 0 Å². The average Bonchev–Trinajstić information content (AvgIpc) is 1.86. The normalized spacial score (nSPS) is 13.9. The zero-order chi connectivity index (χ0) is 7.49. The van der Waals surface area contributed by atoms with Gasteiger partial charge in [0.1, 0.15) is 0 Å². The largest absolute Gasteiger partial charge is 0.329 e. The maximum atomic E-state index is 10.7. The smallest absolute Gasteiger partial charge is 0.215 e. The summed E-state index contributed by atoms with van der Waals surface area (Å²) in [5.74, 6) is 0. The molecule has 0 amide bonds. The van der Waals surface area contributed by atoms with E-state index in [4.69, 9.17) is 5.73 Å². The highest BCUT2D eigenvalue weighted by Gasteiger charge is 2.15. The van der Waals surface area contributed by atoms with Gasteiger partial charge in [0.25, 0.3) is 0 Å². The van der Waals surface area contributed by atoms with E-state index < -0.39 is 15.3 Å². The van der Waals surface area contributed by atoms with E-state index in [0.29, 0.717) is 0 Å². The Morgan fingerprint density at radius 3 is 2.10 bits per heavy atom. The lowest BCUT2D eigenvalue weighted by Crippen LogP contribution is -2.34. The van der Waals surface area contributed by atoms with E-state index in [-0.39, 0.29) is 19.0 Å². The first-order valence-electron chi connectivity index (χ1n) is 2.67. The van der Waals surface area contributed by atoms with Crippen LogP contribution < -0.4 is 10.5 Å². The SMILES string of the molecule is CNS(=O)(=O)[C@@H](C)CN.Cl. The summed E-state index contributed by atoms with van der Waals surface area (Å²) in [7, 11) is -1.75. The Balaban J connectivity index is 0. The predicted molar refractivity (Wildman–Crippen MR) is 43.7 cm³/mol. The van der Waals surface area contributed by atoms with Gasteiger partial charge in [-0.3, -0.25) is 0 Å². The summed E-state index contributed by atoms with van der Waals surface area (Å²) in [6.07, 6.45) is 0.